The maximum atomic E-state index is 11.2. The minimum atomic E-state index is -0.156. The molecule has 0 radical (unpaired) electrons. The van der Waals surface area contributed by atoms with Gasteiger partial charge in [0.05, 0.1) is 0 Å². The highest BCUT2D eigenvalue weighted by molar-refractivity contribution is 7.99. The van der Waals surface area contributed by atoms with Gasteiger partial charge in [0.15, 0.2) is 5.16 Å². The number of nitrogens with zero attached hydrogens (tertiary/aromatic N) is 2. The maximum absolute atomic E-state index is 11.2. The monoisotopic (exact) mass is 290 g/mol. The average Bonchev–Trinajstić information content (AvgIpc) is 2.40. The summed E-state index contributed by atoms with van der Waals surface area (Å²) < 4.78 is 0. The first-order valence-electron chi connectivity index (χ1n) is 6.52. The van der Waals surface area contributed by atoms with Crippen LogP contribution in [0.25, 0.3) is 0 Å². The largest absolute Gasteiger partial charge is 0.312 e. The predicted octanol–water partition coefficient (Wildman–Crippen LogP) is 2.06. The van der Waals surface area contributed by atoms with Gasteiger partial charge >= 0.3 is 0 Å². The number of hydrogen-bond acceptors (Lipinski definition) is 5. The molecule has 6 heteroatoms. The van der Waals surface area contributed by atoms with Crippen LogP contribution >= 0.6 is 11.8 Å². The summed E-state index contributed by atoms with van der Waals surface area (Å²) in [5, 5.41) is 4.73. The Hall–Kier alpha value is -1.66. The lowest BCUT2D eigenvalue weighted by molar-refractivity contribution is 0.551. The Balaban J connectivity index is 1.93. The number of pyridine rings is 1. The SMILES string of the molecule is CC(C)CNCc1ccc(Sc2nccc(=O)[nH]2)nc1. The molecular weight excluding hydrogens is 272 g/mol. The van der Waals surface area contributed by atoms with Crippen molar-refractivity contribution in [1.82, 2.24) is 20.3 Å². The topological polar surface area (TPSA) is 70.7 Å². The smallest absolute Gasteiger partial charge is 0.251 e. The molecule has 0 saturated heterocycles. The lowest BCUT2D eigenvalue weighted by Gasteiger charge is -2.07. The second-order valence-corrected chi connectivity index (χ2v) is 5.88. The first-order valence-corrected chi connectivity index (χ1v) is 7.34. The van der Waals surface area contributed by atoms with Crippen molar-refractivity contribution in [2.24, 2.45) is 5.92 Å². The molecule has 0 aliphatic heterocycles. The van der Waals surface area contributed by atoms with Gasteiger partial charge in [-0.2, -0.15) is 0 Å². The van der Waals surface area contributed by atoms with Crippen molar-refractivity contribution in [3.63, 3.8) is 0 Å². The van der Waals surface area contributed by atoms with Gasteiger partial charge in [-0.15, -0.1) is 0 Å². The minimum absolute atomic E-state index is 0.156. The molecule has 106 valence electrons. The van der Waals surface area contributed by atoms with Crippen molar-refractivity contribution < 1.29 is 0 Å². The van der Waals surface area contributed by atoms with E-state index in [2.05, 4.69) is 34.1 Å². The summed E-state index contributed by atoms with van der Waals surface area (Å²) in [5.74, 6) is 0.638. The molecule has 2 heterocycles. The molecule has 0 amide bonds. The average molecular weight is 290 g/mol. The number of aromatic nitrogens is 3. The van der Waals surface area contributed by atoms with Gasteiger partial charge in [-0.25, -0.2) is 9.97 Å². The van der Waals surface area contributed by atoms with E-state index >= 15 is 0 Å². The van der Waals surface area contributed by atoms with E-state index in [1.165, 1.54) is 24.0 Å². The van der Waals surface area contributed by atoms with Crippen molar-refractivity contribution in [3.05, 3.63) is 46.5 Å². The molecule has 2 aromatic rings. The first kappa shape index (κ1) is 14.7. The fourth-order valence-electron chi connectivity index (χ4n) is 1.58. The summed E-state index contributed by atoms with van der Waals surface area (Å²) in [4.78, 5) is 22.3. The van der Waals surface area contributed by atoms with Crippen molar-refractivity contribution in [2.45, 2.75) is 30.6 Å². The Morgan fingerprint density at radius 3 is 2.80 bits per heavy atom. The van der Waals surface area contributed by atoms with E-state index in [9.17, 15) is 4.79 Å². The Kier molecular flexibility index (Phi) is 5.31. The molecule has 0 atom stereocenters. The molecule has 0 bridgehead atoms. The number of hydrogen-bond donors (Lipinski definition) is 2. The van der Waals surface area contributed by atoms with Gasteiger partial charge in [-0.05, 0) is 35.9 Å². The Labute approximate surface area is 122 Å². The summed E-state index contributed by atoms with van der Waals surface area (Å²) in [5.41, 5.74) is 0.988. The van der Waals surface area contributed by atoms with Crippen LogP contribution in [-0.4, -0.2) is 21.5 Å². The second kappa shape index (κ2) is 7.21. The molecule has 0 fully saturated rings. The molecule has 0 aliphatic carbocycles. The summed E-state index contributed by atoms with van der Waals surface area (Å²) in [6.45, 7) is 6.17. The van der Waals surface area contributed by atoms with E-state index in [-0.39, 0.29) is 5.56 Å². The summed E-state index contributed by atoms with van der Waals surface area (Å²) in [6, 6.07) is 5.36. The molecule has 0 spiro atoms. The van der Waals surface area contributed by atoms with E-state index in [4.69, 9.17) is 0 Å². The van der Waals surface area contributed by atoms with Crippen LogP contribution in [0.2, 0.25) is 0 Å². The van der Waals surface area contributed by atoms with E-state index in [1.807, 2.05) is 18.3 Å². The Bertz CT molecular complexity index is 595. The lowest BCUT2D eigenvalue weighted by Crippen LogP contribution is -2.18. The van der Waals surface area contributed by atoms with Crippen LogP contribution in [0.5, 0.6) is 0 Å². The standard InChI is InChI=1S/C14H18N4OS/c1-10(2)7-15-8-11-3-4-13(17-9-11)20-14-16-6-5-12(19)18-14/h3-6,9-10,15H,7-8H2,1-2H3,(H,16,18,19). The van der Waals surface area contributed by atoms with Crippen LogP contribution in [-0.2, 0) is 6.54 Å². The lowest BCUT2D eigenvalue weighted by atomic mass is 10.2. The highest BCUT2D eigenvalue weighted by Crippen LogP contribution is 2.20. The highest BCUT2D eigenvalue weighted by atomic mass is 32.2. The zero-order valence-electron chi connectivity index (χ0n) is 11.6. The summed E-state index contributed by atoms with van der Waals surface area (Å²) in [6.07, 6.45) is 3.34. The molecule has 2 rings (SSSR count). The molecule has 2 aromatic heterocycles. The van der Waals surface area contributed by atoms with Crippen molar-refractivity contribution in [2.75, 3.05) is 6.54 Å². The molecule has 5 nitrogen and oxygen atoms in total. The molecule has 0 aromatic carbocycles. The molecule has 0 unspecified atom stereocenters. The van der Waals surface area contributed by atoms with Crippen LogP contribution in [0.1, 0.15) is 19.4 Å². The van der Waals surface area contributed by atoms with E-state index in [1.54, 1.807) is 0 Å². The Morgan fingerprint density at radius 1 is 1.30 bits per heavy atom. The number of aromatic amines is 1. The highest BCUT2D eigenvalue weighted by Gasteiger charge is 2.02. The molecule has 2 N–H and O–H groups in total. The van der Waals surface area contributed by atoms with Gasteiger partial charge in [-0.1, -0.05) is 19.9 Å². The van der Waals surface area contributed by atoms with Crippen LogP contribution in [0.4, 0.5) is 0 Å². The third kappa shape index (κ3) is 4.79. The van der Waals surface area contributed by atoms with Crippen LogP contribution < -0.4 is 10.9 Å². The fraction of sp³-hybridized carbons (Fsp3) is 0.357. The van der Waals surface area contributed by atoms with Crippen molar-refractivity contribution in [3.8, 4) is 0 Å². The van der Waals surface area contributed by atoms with Crippen LogP contribution in [0, 0.1) is 5.92 Å². The van der Waals surface area contributed by atoms with E-state index < -0.39 is 0 Å². The molecule has 20 heavy (non-hydrogen) atoms. The van der Waals surface area contributed by atoms with E-state index in [0.717, 1.165) is 23.7 Å². The summed E-state index contributed by atoms with van der Waals surface area (Å²) in [7, 11) is 0. The first-order chi connectivity index (χ1) is 9.63. The summed E-state index contributed by atoms with van der Waals surface area (Å²) >= 11 is 1.34. The van der Waals surface area contributed by atoms with Gasteiger partial charge in [0.25, 0.3) is 5.56 Å². The normalized spacial score (nSPS) is 10.9. The quantitative estimate of drug-likeness (QED) is 0.797. The van der Waals surface area contributed by atoms with Gasteiger partial charge in [-0.3, -0.25) is 4.79 Å². The maximum Gasteiger partial charge on any atom is 0.251 e. The second-order valence-electron chi connectivity index (χ2n) is 4.87. The van der Waals surface area contributed by atoms with Gasteiger partial charge in [0.2, 0.25) is 0 Å². The van der Waals surface area contributed by atoms with Crippen LogP contribution in [0.15, 0.2) is 45.6 Å². The molecule has 0 aliphatic rings. The van der Waals surface area contributed by atoms with Gasteiger partial charge in [0, 0.05) is 25.0 Å². The third-order valence-corrected chi connectivity index (χ3v) is 3.38. The fourth-order valence-corrected chi connectivity index (χ4v) is 2.29. The number of nitrogens with one attached hydrogen (secondary N) is 2. The minimum Gasteiger partial charge on any atom is -0.312 e. The zero-order chi connectivity index (χ0) is 14.4. The Morgan fingerprint density at radius 2 is 2.15 bits per heavy atom. The van der Waals surface area contributed by atoms with Crippen LogP contribution in [0.3, 0.4) is 0 Å². The van der Waals surface area contributed by atoms with Gasteiger partial charge in [0.1, 0.15) is 5.03 Å². The third-order valence-electron chi connectivity index (χ3n) is 2.53. The number of H-pyrrole nitrogens is 1. The van der Waals surface area contributed by atoms with E-state index in [0.29, 0.717) is 11.1 Å². The zero-order valence-corrected chi connectivity index (χ0v) is 12.4. The number of rotatable bonds is 6. The predicted molar refractivity (Wildman–Crippen MR) is 79.8 cm³/mol. The van der Waals surface area contributed by atoms with Gasteiger partial charge < -0.3 is 10.3 Å². The molecule has 0 saturated carbocycles. The van der Waals surface area contributed by atoms with Crippen molar-refractivity contribution in [1.29, 1.82) is 0 Å². The van der Waals surface area contributed by atoms with Crippen molar-refractivity contribution >= 4 is 11.8 Å². The molecular formula is C14H18N4OS.